The highest BCUT2D eigenvalue weighted by molar-refractivity contribution is 5.72. The van der Waals surface area contributed by atoms with Crippen molar-refractivity contribution in [2.75, 3.05) is 12.8 Å². The number of benzene rings is 2. The Hall–Kier alpha value is -3.03. The monoisotopic (exact) mass is 379 g/mol. The maximum absolute atomic E-state index is 14.0. The molecule has 0 fully saturated rings. The smallest absolute Gasteiger partial charge is 0.416 e. The van der Waals surface area contributed by atoms with Crippen LogP contribution in [0.5, 0.6) is 5.75 Å². The first-order valence-electron chi connectivity index (χ1n) is 8.00. The molecule has 3 rings (SSSR count). The first kappa shape index (κ1) is 18.8. The Bertz CT molecular complexity index is 1010. The molecule has 2 N–H and O–H groups in total. The Morgan fingerprint density at radius 3 is 2.48 bits per heavy atom. The van der Waals surface area contributed by atoms with E-state index in [0.717, 1.165) is 12.1 Å². The number of alkyl halides is 3. The molecule has 0 aliphatic heterocycles. The molecule has 0 spiro atoms. The van der Waals surface area contributed by atoms with Crippen LogP contribution in [0.2, 0.25) is 0 Å². The molecule has 8 heteroatoms. The number of aryl methyl sites for hydroxylation is 1. The summed E-state index contributed by atoms with van der Waals surface area (Å²) in [6.07, 6.45) is -3.04. The quantitative estimate of drug-likeness (QED) is 0.520. The van der Waals surface area contributed by atoms with Crippen LogP contribution in [0.3, 0.4) is 0 Å². The van der Waals surface area contributed by atoms with Crippen LogP contribution >= 0.6 is 0 Å². The second kappa shape index (κ2) is 6.61. The van der Waals surface area contributed by atoms with Crippen molar-refractivity contribution in [3.63, 3.8) is 0 Å². The molecule has 0 amide bonds. The highest BCUT2D eigenvalue weighted by atomic mass is 19.4. The highest BCUT2D eigenvalue weighted by Crippen LogP contribution is 2.39. The van der Waals surface area contributed by atoms with Gasteiger partial charge in [0, 0.05) is 11.8 Å². The average molecular weight is 379 g/mol. The molecule has 27 heavy (non-hydrogen) atoms. The van der Waals surface area contributed by atoms with Crippen molar-refractivity contribution >= 4 is 5.69 Å². The number of nitrogens with zero attached hydrogens (tertiary/aromatic N) is 2. The molecule has 0 atom stereocenters. The second-order valence-electron chi connectivity index (χ2n) is 6.10. The number of hydrogen-bond acceptors (Lipinski definition) is 3. The number of methoxy groups -OCH3 is 1. The van der Waals surface area contributed by atoms with E-state index in [4.69, 9.17) is 10.5 Å². The van der Waals surface area contributed by atoms with Gasteiger partial charge in [0.05, 0.1) is 29.7 Å². The molecule has 0 saturated heterocycles. The first-order chi connectivity index (χ1) is 12.6. The Balaban J connectivity index is 2.31. The van der Waals surface area contributed by atoms with Gasteiger partial charge >= 0.3 is 6.18 Å². The fourth-order valence-corrected chi connectivity index (χ4v) is 2.86. The first-order valence-corrected chi connectivity index (χ1v) is 8.00. The molecule has 3 aromatic rings. The number of anilines is 1. The van der Waals surface area contributed by atoms with Gasteiger partial charge in [0.15, 0.2) is 0 Å². The van der Waals surface area contributed by atoms with E-state index in [-0.39, 0.29) is 22.9 Å². The molecule has 142 valence electrons. The Morgan fingerprint density at radius 1 is 1.15 bits per heavy atom. The maximum atomic E-state index is 14.0. The van der Waals surface area contributed by atoms with Crippen LogP contribution in [0, 0.1) is 19.7 Å². The SMILES string of the molecule is COc1cc(C(F)(F)F)cc(-n2cc(C)nc2-c2cccc(F)c2C)c1N. The molecule has 2 aromatic carbocycles. The Kier molecular flexibility index (Phi) is 4.59. The third-order valence-corrected chi connectivity index (χ3v) is 4.26. The lowest BCUT2D eigenvalue weighted by Gasteiger charge is -2.17. The van der Waals surface area contributed by atoms with Gasteiger partial charge in [0.1, 0.15) is 17.4 Å². The lowest BCUT2D eigenvalue weighted by molar-refractivity contribution is -0.137. The van der Waals surface area contributed by atoms with E-state index in [2.05, 4.69) is 4.98 Å². The molecule has 0 radical (unpaired) electrons. The van der Waals surface area contributed by atoms with Crippen molar-refractivity contribution in [2.45, 2.75) is 20.0 Å². The average Bonchev–Trinajstić information content (AvgIpc) is 2.98. The summed E-state index contributed by atoms with van der Waals surface area (Å²) in [6.45, 7) is 3.27. The van der Waals surface area contributed by atoms with E-state index < -0.39 is 17.6 Å². The maximum Gasteiger partial charge on any atom is 0.416 e. The molecule has 0 unspecified atom stereocenters. The van der Waals surface area contributed by atoms with Crippen molar-refractivity contribution in [1.82, 2.24) is 9.55 Å². The summed E-state index contributed by atoms with van der Waals surface area (Å²) >= 11 is 0. The Labute approximate surface area is 153 Å². The van der Waals surface area contributed by atoms with Gasteiger partial charge in [-0.1, -0.05) is 12.1 Å². The van der Waals surface area contributed by atoms with Gasteiger partial charge in [-0.15, -0.1) is 0 Å². The van der Waals surface area contributed by atoms with Crippen LogP contribution < -0.4 is 10.5 Å². The minimum Gasteiger partial charge on any atom is -0.495 e. The standard InChI is InChI=1S/C19H17F4N3O/c1-10-9-26(18(25-10)13-5-4-6-14(20)11(13)2)15-7-12(19(21,22)23)8-16(27-3)17(15)24/h4-9H,24H2,1-3H3. The molecule has 4 nitrogen and oxygen atoms in total. The summed E-state index contributed by atoms with van der Waals surface area (Å²) < 4.78 is 60.4. The number of hydrogen-bond donors (Lipinski definition) is 1. The summed E-state index contributed by atoms with van der Waals surface area (Å²) in [5.74, 6) is -0.250. The second-order valence-corrected chi connectivity index (χ2v) is 6.10. The number of ether oxygens (including phenoxy) is 1. The number of halogens is 4. The van der Waals surface area contributed by atoms with Gasteiger partial charge in [0.2, 0.25) is 0 Å². The summed E-state index contributed by atoms with van der Waals surface area (Å²) in [5.41, 5.74) is 6.56. The van der Waals surface area contributed by atoms with E-state index in [0.29, 0.717) is 16.8 Å². The lowest BCUT2D eigenvalue weighted by Crippen LogP contribution is -2.10. The summed E-state index contributed by atoms with van der Waals surface area (Å²) in [5, 5.41) is 0. The van der Waals surface area contributed by atoms with E-state index in [9.17, 15) is 17.6 Å². The van der Waals surface area contributed by atoms with Gasteiger partial charge < -0.3 is 10.5 Å². The van der Waals surface area contributed by atoms with Crippen LogP contribution in [0.4, 0.5) is 23.2 Å². The molecule has 1 aromatic heterocycles. The topological polar surface area (TPSA) is 53.1 Å². The minimum atomic E-state index is -4.58. The normalized spacial score (nSPS) is 11.7. The Morgan fingerprint density at radius 2 is 1.85 bits per heavy atom. The minimum absolute atomic E-state index is 0.0261. The van der Waals surface area contributed by atoms with E-state index in [1.165, 1.54) is 23.8 Å². The van der Waals surface area contributed by atoms with Crippen molar-refractivity contribution in [3.8, 4) is 22.8 Å². The van der Waals surface area contributed by atoms with Crippen molar-refractivity contribution < 1.29 is 22.3 Å². The van der Waals surface area contributed by atoms with Crippen LogP contribution in [-0.2, 0) is 6.18 Å². The molecular weight excluding hydrogens is 362 g/mol. The van der Waals surface area contributed by atoms with Gasteiger partial charge in [-0.05, 0) is 37.6 Å². The number of rotatable bonds is 3. The number of nitrogens with two attached hydrogens (primary N) is 1. The molecule has 0 bridgehead atoms. The molecule has 1 heterocycles. The van der Waals surface area contributed by atoms with Gasteiger partial charge in [-0.3, -0.25) is 4.57 Å². The summed E-state index contributed by atoms with van der Waals surface area (Å²) in [4.78, 5) is 4.37. The van der Waals surface area contributed by atoms with Gasteiger partial charge in [-0.25, -0.2) is 9.37 Å². The van der Waals surface area contributed by atoms with E-state index >= 15 is 0 Å². The fraction of sp³-hybridized carbons (Fsp3) is 0.211. The molecule has 0 saturated carbocycles. The van der Waals surface area contributed by atoms with Gasteiger partial charge in [0.25, 0.3) is 0 Å². The van der Waals surface area contributed by atoms with Gasteiger partial charge in [-0.2, -0.15) is 13.2 Å². The van der Waals surface area contributed by atoms with E-state index in [1.54, 1.807) is 26.1 Å². The fourth-order valence-electron chi connectivity index (χ4n) is 2.86. The molecule has 0 aliphatic carbocycles. The van der Waals surface area contributed by atoms with Crippen LogP contribution in [-0.4, -0.2) is 16.7 Å². The largest absolute Gasteiger partial charge is 0.495 e. The molecular formula is C19H17F4N3O. The van der Waals surface area contributed by atoms with Crippen LogP contribution in [0.15, 0.2) is 36.5 Å². The van der Waals surface area contributed by atoms with E-state index in [1.807, 2.05) is 0 Å². The number of nitrogen functional groups attached to an aromatic ring is 1. The number of imidazole rings is 1. The zero-order chi connectivity index (χ0) is 19.9. The van der Waals surface area contributed by atoms with Crippen molar-refractivity contribution in [1.29, 1.82) is 0 Å². The number of aromatic nitrogens is 2. The third kappa shape index (κ3) is 3.34. The van der Waals surface area contributed by atoms with Crippen molar-refractivity contribution in [2.24, 2.45) is 0 Å². The molecule has 0 aliphatic rings. The predicted molar refractivity (Wildman–Crippen MR) is 94.4 cm³/mol. The van der Waals surface area contributed by atoms with Crippen LogP contribution in [0.25, 0.3) is 17.1 Å². The summed E-state index contributed by atoms with van der Waals surface area (Å²) in [7, 11) is 1.24. The zero-order valence-corrected chi connectivity index (χ0v) is 14.9. The van der Waals surface area contributed by atoms with Crippen LogP contribution in [0.1, 0.15) is 16.8 Å². The third-order valence-electron chi connectivity index (χ3n) is 4.26. The predicted octanol–water partition coefficient (Wildman–Crippen LogP) is 4.90. The van der Waals surface area contributed by atoms with Crippen molar-refractivity contribution in [3.05, 3.63) is 59.2 Å². The summed E-state index contributed by atoms with van der Waals surface area (Å²) in [6, 6.07) is 6.24. The highest BCUT2D eigenvalue weighted by Gasteiger charge is 2.33. The lowest BCUT2D eigenvalue weighted by atomic mass is 10.1. The zero-order valence-electron chi connectivity index (χ0n) is 14.9.